The second-order valence-electron chi connectivity index (χ2n) is 13.7. The van der Waals surface area contributed by atoms with Crippen molar-refractivity contribution in [3.05, 3.63) is 11.6 Å². The molecule has 0 N–H and O–H groups in total. The summed E-state index contributed by atoms with van der Waals surface area (Å²) in [7, 11) is 0. The highest BCUT2D eigenvalue weighted by Gasteiger charge is 2.59. The van der Waals surface area contributed by atoms with Crippen LogP contribution in [0.5, 0.6) is 0 Å². The van der Waals surface area contributed by atoms with Gasteiger partial charge in [-0.05, 0) is 112 Å². The molecule has 0 aromatic carbocycles. The van der Waals surface area contributed by atoms with Crippen molar-refractivity contribution in [2.75, 3.05) is 0 Å². The molecule has 4 aliphatic rings. The Morgan fingerprint density at radius 2 is 1.80 bits per heavy atom. The number of allylic oxidation sites excluding steroid dienone is 1. The van der Waals surface area contributed by atoms with Gasteiger partial charge in [-0.1, -0.05) is 38.8 Å². The monoisotopic (exact) mass is 486 g/mol. The zero-order valence-corrected chi connectivity index (χ0v) is 23.5. The van der Waals surface area contributed by atoms with Crippen LogP contribution in [0.3, 0.4) is 0 Å². The lowest BCUT2D eigenvalue weighted by Gasteiger charge is -2.58. The van der Waals surface area contributed by atoms with E-state index in [1.54, 1.807) is 12.5 Å². The standard InChI is InChI=1S/C31H50O4/c1-20(9-8-16-29(4,5)35-22(3)33)26-12-13-27-25-11-10-23-19-24(34-21(2)32)14-17-30(23,6)28(25)15-18-31(26,27)7/h10,20,24-28H,8-9,11-19H2,1-7H3/t20-,24+,25+,26-,27+,28+,30+,31-/m1/s1. The first-order chi connectivity index (χ1) is 16.4. The Morgan fingerprint density at radius 1 is 1.06 bits per heavy atom. The number of hydrogen-bond donors (Lipinski definition) is 0. The van der Waals surface area contributed by atoms with Crippen molar-refractivity contribution < 1.29 is 19.1 Å². The van der Waals surface area contributed by atoms with E-state index in [1.807, 2.05) is 13.8 Å². The molecule has 4 rings (SSSR count). The Kier molecular flexibility index (Phi) is 7.53. The molecule has 0 saturated heterocycles. The number of carbonyl (C=O) groups excluding carboxylic acids is 2. The van der Waals surface area contributed by atoms with Crippen LogP contribution < -0.4 is 0 Å². The normalized spacial score (nSPS) is 39.5. The molecule has 35 heavy (non-hydrogen) atoms. The lowest BCUT2D eigenvalue weighted by atomic mass is 9.47. The van der Waals surface area contributed by atoms with E-state index in [-0.39, 0.29) is 23.6 Å². The van der Waals surface area contributed by atoms with E-state index >= 15 is 0 Å². The molecule has 198 valence electrons. The van der Waals surface area contributed by atoms with Gasteiger partial charge in [0.25, 0.3) is 0 Å². The molecular formula is C31H50O4. The first-order valence-electron chi connectivity index (χ1n) is 14.4. The first-order valence-corrected chi connectivity index (χ1v) is 14.4. The predicted molar refractivity (Wildman–Crippen MR) is 140 cm³/mol. The fraction of sp³-hybridized carbons (Fsp3) is 0.871. The first kappa shape index (κ1) is 26.7. The summed E-state index contributed by atoms with van der Waals surface area (Å²) in [4.78, 5) is 22.9. The number of carbonyl (C=O) groups is 2. The maximum absolute atomic E-state index is 11.5. The molecule has 0 spiro atoms. The van der Waals surface area contributed by atoms with Gasteiger partial charge in [-0.15, -0.1) is 0 Å². The van der Waals surface area contributed by atoms with Gasteiger partial charge < -0.3 is 9.47 Å². The molecule has 0 amide bonds. The minimum Gasteiger partial charge on any atom is -0.462 e. The summed E-state index contributed by atoms with van der Waals surface area (Å²) in [5.41, 5.74) is 1.98. The third-order valence-electron chi connectivity index (χ3n) is 11.0. The zero-order chi connectivity index (χ0) is 25.6. The number of rotatable bonds is 7. The van der Waals surface area contributed by atoms with E-state index in [0.29, 0.717) is 10.8 Å². The molecule has 0 aliphatic heterocycles. The van der Waals surface area contributed by atoms with E-state index in [9.17, 15) is 9.59 Å². The van der Waals surface area contributed by atoms with Crippen molar-refractivity contribution in [3.8, 4) is 0 Å². The molecule has 3 saturated carbocycles. The van der Waals surface area contributed by atoms with Gasteiger partial charge in [-0.2, -0.15) is 0 Å². The van der Waals surface area contributed by atoms with Crippen molar-refractivity contribution >= 4 is 11.9 Å². The molecule has 0 aromatic heterocycles. The maximum atomic E-state index is 11.5. The molecule has 4 heteroatoms. The third-order valence-corrected chi connectivity index (χ3v) is 11.0. The highest BCUT2D eigenvalue weighted by molar-refractivity contribution is 5.66. The Balaban J connectivity index is 1.40. The zero-order valence-electron chi connectivity index (χ0n) is 23.5. The summed E-state index contributed by atoms with van der Waals surface area (Å²) >= 11 is 0. The SMILES string of the molecule is CC(=O)O[C@H]1CC[C@@]2(C)C(=CC[C@H]3[C@@H]4CC[C@H]([C@H](C)CCCC(C)(C)OC(C)=O)[C@@]4(C)CC[C@@H]32)C1. The van der Waals surface area contributed by atoms with E-state index in [4.69, 9.17) is 9.47 Å². The minimum atomic E-state index is -0.359. The molecule has 8 atom stereocenters. The third kappa shape index (κ3) is 5.23. The van der Waals surface area contributed by atoms with Crippen molar-refractivity contribution in [2.24, 2.45) is 40.4 Å². The summed E-state index contributed by atoms with van der Waals surface area (Å²) in [5, 5.41) is 0. The van der Waals surface area contributed by atoms with Crippen LogP contribution in [-0.4, -0.2) is 23.6 Å². The lowest BCUT2D eigenvalue weighted by molar-refractivity contribution is -0.154. The van der Waals surface area contributed by atoms with Crippen LogP contribution in [0, 0.1) is 40.4 Å². The average molecular weight is 487 g/mol. The van der Waals surface area contributed by atoms with Gasteiger partial charge in [0, 0.05) is 20.3 Å². The second-order valence-corrected chi connectivity index (χ2v) is 13.7. The van der Waals surface area contributed by atoms with Crippen molar-refractivity contribution in [3.63, 3.8) is 0 Å². The minimum absolute atomic E-state index is 0.0831. The van der Waals surface area contributed by atoms with Gasteiger partial charge in [0.15, 0.2) is 0 Å². The summed E-state index contributed by atoms with van der Waals surface area (Å²) in [6, 6.07) is 0. The highest BCUT2D eigenvalue weighted by Crippen LogP contribution is 2.67. The molecule has 4 aliphatic carbocycles. The van der Waals surface area contributed by atoms with Crippen molar-refractivity contribution in [1.29, 1.82) is 0 Å². The summed E-state index contributed by atoms with van der Waals surface area (Å²) in [6.07, 6.45) is 15.8. The number of hydrogen-bond acceptors (Lipinski definition) is 4. The molecule has 0 radical (unpaired) electrons. The fourth-order valence-corrected chi connectivity index (χ4v) is 9.43. The average Bonchev–Trinajstić information content (AvgIpc) is 3.10. The molecule has 0 aromatic rings. The van der Waals surface area contributed by atoms with Crippen LogP contribution in [0.1, 0.15) is 119 Å². The van der Waals surface area contributed by atoms with E-state index in [1.165, 1.54) is 51.9 Å². The molecule has 0 bridgehead atoms. The molecule has 4 nitrogen and oxygen atoms in total. The number of fused-ring (bicyclic) bond motifs is 5. The molecule has 3 fully saturated rings. The van der Waals surface area contributed by atoms with Crippen LogP contribution in [0.25, 0.3) is 0 Å². The van der Waals surface area contributed by atoms with Gasteiger partial charge in [-0.25, -0.2) is 0 Å². The topological polar surface area (TPSA) is 52.6 Å². The number of esters is 2. The van der Waals surface area contributed by atoms with Crippen LogP contribution in [0.15, 0.2) is 11.6 Å². The second kappa shape index (κ2) is 9.86. The van der Waals surface area contributed by atoms with Gasteiger partial charge in [0.1, 0.15) is 11.7 Å². The summed E-state index contributed by atoms with van der Waals surface area (Å²) in [6.45, 7) is 14.8. The smallest absolute Gasteiger partial charge is 0.303 e. The Hall–Kier alpha value is -1.32. The Labute approximate surface area is 214 Å². The van der Waals surface area contributed by atoms with Gasteiger partial charge in [0.05, 0.1) is 0 Å². The maximum Gasteiger partial charge on any atom is 0.303 e. The highest BCUT2D eigenvalue weighted by atomic mass is 16.6. The fourth-order valence-electron chi connectivity index (χ4n) is 9.43. The van der Waals surface area contributed by atoms with Crippen LogP contribution >= 0.6 is 0 Å². The molecular weight excluding hydrogens is 436 g/mol. The van der Waals surface area contributed by atoms with Crippen LogP contribution in [-0.2, 0) is 19.1 Å². The van der Waals surface area contributed by atoms with E-state index < -0.39 is 0 Å². The summed E-state index contributed by atoms with van der Waals surface area (Å²) < 4.78 is 11.1. The van der Waals surface area contributed by atoms with E-state index in [0.717, 1.165) is 55.3 Å². The largest absolute Gasteiger partial charge is 0.462 e. The van der Waals surface area contributed by atoms with Crippen LogP contribution in [0.4, 0.5) is 0 Å². The predicted octanol–water partition coefficient (Wildman–Crippen LogP) is 7.65. The van der Waals surface area contributed by atoms with Crippen molar-refractivity contribution in [1.82, 2.24) is 0 Å². The quantitative estimate of drug-likeness (QED) is 0.274. The van der Waals surface area contributed by atoms with Crippen LogP contribution in [0.2, 0.25) is 0 Å². The van der Waals surface area contributed by atoms with Gasteiger partial charge >= 0.3 is 11.9 Å². The number of ether oxygens (including phenoxy) is 2. The van der Waals surface area contributed by atoms with Gasteiger partial charge in [-0.3, -0.25) is 9.59 Å². The Morgan fingerprint density at radius 3 is 2.49 bits per heavy atom. The molecule has 0 heterocycles. The lowest BCUT2D eigenvalue weighted by Crippen LogP contribution is -2.51. The van der Waals surface area contributed by atoms with Crippen molar-refractivity contribution in [2.45, 2.75) is 131 Å². The van der Waals surface area contributed by atoms with E-state index in [2.05, 4.69) is 26.8 Å². The summed E-state index contributed by atoms with van der Waals surface area (Å²) in [5.74, 6) is 3.66. The Bertz CT molecular complexity index is 843. The van der Waals surface area contributed by atoms with Gasteiger partial charge in [0.2, 0.25) is 0 Å². The molecule has 0 unspecified atom stereocenters.